The Balaban J connectivity index is 2.79. The molecule has 0 saturated heterocycles. The normalized spacial score (nSPS) is 21.1. The molecule has 0 aromatic heterocycles. The van der Waals surface area contributed by atoms with Crippen molar-refractivity contribution in [1.29, 1.82) is 0 Å². The summed E-state index contributed by atoms with van der Waals surface area (Å²) in [6, 6.07) is 0. The molecule has 6 atom stereocenters. The Labute approximate surface area is 282 Å². The lowest BCUT2D eigenvalue weighted by atomic mass is 9.91. The second kappa shape index (κ2) is 17.4. The Bertz CT molecular complexity index is 1060. The maximum absolute atomic E-state index is 10.9. The lowest BCUT2D eigenvalue weighted by Crippen LogP contribution is -2.51. The van der Waals surface area contributed by atoms with Crippen molar-refractivity contribution < 1.29 is 18.7 Å². The van der Waals surface area contributed by atoms with Gasteiger partial charge < -0.3 is 18.7 Å². The van der Waals surface area contributed by atoms with E-state index in [9.17, 15) is 5.11 Å². The van der Waals surface area contributed by atoms with Crippen LogP contribution >= 0.6 is 0 Å². The van der Waals surface area contributed by atoms with Crippen LogP contribution in [0, 0.1) is 17.4 Å². The van der Waals surface area contributed by atoms with Crippen molar-refractivity contribution in [2.75, 3.05) is 0 Å². The molecule has 0 spiro atoms. The molecule has 1 aliphatic rings. The summed E-state index contributed by atoms with van der Waals surface area (Å²) in [5.41, 5.74) is 4.52. The van der Waals surface area contributed by atoms with Gasteiger partial charge in [-0.15, -0.1) is 18.0 Å². The second-order valence-corrected chi connectivity index (χ2v) is 31.7. The molecule has 0 unspecified atom stereocenters. The minimum atomic E-state index is -2.07. The second-order valence-electron chi connectivity index (χ2n) is 17.4. The third-order valence-corrected chi connectivity index (χ3v) is 19.4. The topological polar surface area (TPSA) is 47.9 Å². The highest BCUT2D eigenvalue weighted by molar-refractivity contribution is 6.83. The van der Waals surface area contributed by atoms with Gasteiger partial charge in [-0.3, -0.25) is 0 Å². The first-order valence-electron chi connectivity index (χ1n) is 17.2. The van der Waals surface area contributed by atoms with Crippen molar-refractivity contribution in [3.05, 3.63) is 49.1 Å². The lowest BCUT2D eigenvalue weighted by Gasteiger charge is -2.44. The molecule has 258 valence electrons. The smallest absolute Gasteiger partial charge is 0.193 e. The molecule has 0 fully saturated rings. The molecule has 0 amide bonds. The average Bonchev–Trinajstić information content (AvgIpc) is 2.84. The van der Waals surface area contributed by atoms with Crippen LogP contribution in [0.15, 0.2) is 49.1 Å². The summed E-state index contributed by atoms with van der Waals surface area (Å²) >= 11 is 0. The van der Waals surface area contributed by atoms with Gasteiger partial charge in [-0.25, -0.2) is 0 Å². The fourth-order valence-electron chi connectivity index (χ4n) is 4.85. The van der Waals surface area contributed by atoms with Gasteiger partial charge in [0.1, 0.15) is 8.07 Å². The quantitative estimate of drug-likeness (QED) is 0.101. The first kappa shape index (κ1) is 42.0. The van der Waals surface area contributed by atoms with Crippen LogP contribution in [-0.2, 0) is 13.6 Å². The van der Waals surface area contributed by atoms with E-state index in [1.54, 1.807) is 0 Å². The average molecular weight is 675 g/mol. The van der Waals surface area contributed by atoms with E-state index < -0.39 is 30.8 Å². The zero-order valence-electron chi connectivity index (χ0n) is 31.7. The first-order chi connectivity index (χ1) is 20.4. The van der Waals surface area contributed by atoms with Gasteiger partial charge >= 0.3 is 0 Å². The van der Waals surface area contributed by atoms with Gasteiger partial charge in [0.2, 0.25) is 0 Å². The van der Waals surface area contributed by atoms with E-state index in [0.29, 0.717) is 18.8 Å². The maximum Gasteiger partial charge on any atom is 0.193 e. The van der Waals surface area contributed by atoms with Crippen LogP contribution in [0.4, 0.5) is 0 Å². The van der Waals surface area contributed by atoms with E-state index in [4.69, 9.17) is 13.6 Å². The van der Waals surface area contributed by atoms with Crippen LogP contribution in [0.25, 0.3) is 0 Å². The zero-order valence-corrected chi connectivity index (χ0v) is 34.7. The van der Waals surface area contributed by atoms with Crippen molar-refractivity contribution in [3.63, 3.8) is 0 Å². The Kier molecular flexibility index (Phi) is 16.3. The fourth-order valence-corrected chi connectivity index (χ4v) is 8.11. The highest BCUT2D eigenvalue weighted by Crippen LogP contribution is 2.41. The number of rotatable bonds is 16. The first-order valence-corrected chi connectivity index (χ1v) is 26.5. The molecule has 1 aliphatic heterocycles. The van der Waals surface area contributed by atoms with E-state index in [0.717, 1.165) is 31.3 Å². The summed E-state index contributed by atoms with van der Waals surface area (Å²) in [6.07, 6.45) is 14.5. The number of aliphatic hydroxyl groups excluding tert-OH is 1. The lowest BCUT2D eigenvalue weighted by molar-refractivity contribution is -0.00333. The zero-order chi connectivity index (χ0) is 34.9. The molecule has 0 bridgehead atoms. The summed E-state index contributed by atoms with van der Waals surface area (Å²) in [5, 5.41) is 11.1. The van der Waals surface area contributed by atoms with Gasteiger partial charge in [0.15, 0.2) is 16.6 Å². The third-order valence-electron chi connectivity index (χ3n) is 9.50. The summed E-state index contributed by atoms with van der Waals surface area (Å²) in [7, 11) is -5.47. The molecule has 0 aliphatic carbocycles. The van der Waals surface area contributed by atoms with Crippen molar-refractivity contribution in [3.8, 4) is 11.5 Å². The van der Waals surface area contributed by atoms with Crippen LogP contribution < -0.4 is 0 Å². The third kappa shape index (κ3) is 15.6. The Hall–Kier alpha value is -0.989. The van der Waals surface area contributed by atoms with Crippen molar-refractivity contribution >= 4 is 24.7 Å². The van der Waals surface area contributed by atoms with Crippen molar-refractivity contribution in [2.45, 2.75) is 173 Å². The largest absolute Gasteiger partial charge is 0.411 e. The predicted octanol–water partition coefficient (Wildman–Crippen LogP) is 10.6. The summed E-state index contributed by atoms with van der Waals surface area (Å²) in [4.78, 5) is 0. The van der Waals surface area contributed by atoms with E-state index in [1.165, 1.54) is 0 Å². The van der Waals surface area contributed by atoms with Crippen LogP contribution in [0.1, 0.15) is 87.0 Å². The van der Waals surface area contributed by atoms with Crippen LogP contribution in [0.3, 0.4) is 0 Å². The van der Waals surface area contributed by atoms with Gasteiger partial charge in [-0.2, -0.15) is 0 Å². The summed E-state index contributed by atoms with van der Waals surface area (Å²) in [5.74, 6) is 3.79. The van der Waals surface area contributed by atoms with E-state index >= 15 is 0 Å². The minimum Gasteiger partial charge on any atom is -0.411 e. The molecule has 45 heavy (non-hydrogen) atoms. The van der Waals surface area contributed by atoms with Crippen LogP contribution in [-0.4, -0.2) is 60.3 Å². The fraction of sp³-hybridized carbons (Fsp3) is 0.737. The molecule has 4 nitrogen and oxygen atoms in total. The highest BCUT2D eigenvalue weighted by Gasteiger charge is 2.43. The standard InChI is InChI=1S/C38H70O4Si3/c1-17-35(41-44(13,14)37(4,5)6)36(42-45(15,16)38(7,8)9)25-18-21-32(39)28-30(2)27-31(3)29-34-23-19-22-33(40-34)24-20-26-43(10,11)12/h17-19,21-22,31-36,39H,1-2,23-25,27-29H2,3-16H3/b21-18+/t31-,32+,33-,34-,35-,36-/m0/s1. The highest BCUT2D eigenvalue weighted by atomic mass is 28.4. The summed E-state index contributed by atoms with van der Waals surface area (Å²) in [6.45, 7) is 40.2. The Morgan fingerprint density at radius 3 is 2.11 bits per heavy atom. The van der Waals surface area contributed by atoms with Gasteiger partial charge in [0.05, 0.1) is 30.5 Å². The molecule has 0 aromatic carbocycles. The SMILES string of the molecule is C=C[C@H](O[Si](C)(C)C(C)(C)C)[C@H](C/C=C/[C@@H](O)CC(=C)C[C@H](C)C[C@@H]1CC=C[C@@H](CC#C[Si](C)(C)C)O1)O[Si](C)(C)C(C)(C)C. The van der Waals surface area contributed by atoms with Gasteiger partial charge in [-0.05, 0) is 74.3 Å². The van der Waals surface area contributed by atoms with Crippen LogP contribution in [0.2, 0.25) is 55.9 Å². The molecule has 1 rings (SSSR count). The van der Waals surface area contributed by atoms with E-state index in [1.807, 2.05) is 12.2 Å². The molecule has 0 aromatic rings. The van der Waals surface area contributed by atoms with E-state index in [-0.39, 0.29) is 34.5 Å². The molecular weight excluding hydrogens is 605 g/mol. The number of hydrogen-bond acceptors (Lipinski definition) is 4. The van der Waals surface area contributed by atoms with Gasteiger partial charge in [0.25, 0.3) is 0 Å². The molecule has 1 heterocycles. The van der Waals surface area contributed by atoms with Crippen molar-refractivity contribution in [1.82, 2.24) is 0 Å². The molecule has 0 saturated carbocycles. The monoisotopic (exact) mass is 674 g/mol. The minimum absolute atomic E-state index is 0.0766. The predicted molar refractivity (Wildman–Crippen MR) is 204 cm³/mol. The van der Waals surface area contributed by atoms with Gasteiger partial charge in [-0.1, -0.05) is 111 Å². The van der Waals surface area contributed by atoms with Crippen molar-refractivity contribution in [2.24, 2.45) is 5.92 Å². The molecular formula is C38H70O4Si3. The molecule has 0 radical (unpaired) electrons. The molecule has 7 heteroatoms. The van der Waals surface area contributed by atoms with E-state index in [2.05, 4.69) is 137 Å². The Morgan fingerprint density at radius 2 is 1.58 bits per heavy atom. The molecule has 1 N–H and O–H groups in total. The summed E-state index contributed by atoms with van der Waals surface area (Å²) < 4.78 is 20.1. The number of ether oxygens (including phenoxy) is 1. The van der Waals surface area contributed by atoms with Crippen LogP contribution in [0.5, 0.6) is 0 Å². The Morgan fingerprint density at radius 1 is 1.00 bits per heavy atom. The number of hydrogen-bond donors (Lipinski definition) is 1. The maximum atomic E-state index is 10.9. The number of aliphatic hydroxyl groups is 1. The van der Waals surface area contributed by atoms with Gasteiger partial charge in [0, 0.05) is 6.42 Å².